The fourth-order valence-corrected chi connectivity index (χ4v) is 5.06. The molecule has 1 aliphatic rings. The number of sulfonamides is 1. The molecule has 1 aromatic carbocycles. The van der Waals surface area contributed by atoms with Gasteiger partial charge >= 0.3 is 0 Å². The number of rotatable bonds is 8. The van der Waals surface area contributed by atoms with E-state index in [1.54, 1.807) is 40.3 Å². The molecule has 0 bridgehead atoms. The fraction of sp³-hybridized carbons (Fsp3) is 0.588. The molecule has 148 valence electrons. The van der Waals surface area contributed by atoms with Gasteiger partial charge in [0.2, 0.25) is 15.9 Å². The van der Waals surface area contributed by atoms with Crippen LogP contribution in [0.4, 0.5) is 0 Å². The van der Waals surface area contributed by atoms with E-state index < -0.39 is 16.1 Å². The van der Waals surface area contributed by atoms with Gasteiger partial charge in [-0.25, -0.2) is 8.42 Å². The maximum atomic E-state index is 12.9. The lowest BCUT2D eigenvalue weighted by molar-refractivity contribution is -0.122. The Morgan fingerprint density at radius 3 is 2.58 bits per heavy atom. The SMILES string of the molecule is CSCC[C@H](N)C(=O)NCc1ccccc1S(=O)(=O)N1CCCCC1.Cl. The summed E-state index contributed by atoms with van der Waals surface area (Å²) in [5.74, 6) is 0.563. The van der Waals surface area contributed by atoms with Crippen molar-refractivity contribution >= 4 is 40.1 Å². The van der Waals surface area contributed by atoms with E-state index in [-0.39, 0.29) is 29.8 Å². The molecule has 6 nitrogen and oxygen atoms in total. The maximum Gasteiger partial charge on any atom is 0.243 e. The molecule has 0 spiro atoms. The number of amides is 1. The Morgan fingerprint density at radius 1 is 1.27 bits per heavy atom. The number of carbonyl (C=O) groups excluding carboxylic acids is 1. The Bertz CT molecular complexity index is 680. The van der Waals surface area contributed by atoms with Crippen molar-refractivity contribution in [3.63, 3.8) is 0 Å². The molecular weight excluding hydrogens is 394 g/mol. The average Bonchev–Trinajstić information content (AvgIpc) is 2.65. The number of hydrogen-bond acceptors (Lipinski definition) is 5. The Kier molecular flexibility index (Phi) is 9.95. The molecule has 1 saturated heterocycles. The molecule has 0 aliphatic carbocycles. The van der Waals surface area contributed by atoms with Crippen molar-refractivity contribution in [3.8, 4) is 0 Å². The van der Waals surface area contributed by atoms with Crippen LogP contribution >= 0.6 is 24.2 Å². The predicted molar refractivity (Wildman–Crippen MR) is 109 cm³/mol. The molecule has 1 atom stereocenters. The molecule has 0 unspecified atom stereocenters. The predicted octanol–water partition coefficient (Wildman–Crippen LogP) is 1.98. The van der Waals surface area contributed by atoms with Crippen LogP contribution in [-0.4, -0.2) is 49.8 Å². The van der Waals surface area contributed by atoms with Gasteiger partial charge in [-0.3, -0.25) is 4.79 Å². The van der Waals surface area contributed by atoms with E-state index in [1.807, 2.05) is 6.26 Å². The highest BCUT2D eigenvalue weighted by Crippen LogP contribution is 2.23. The van der Waals surface area contributed by atoms with Gasteiger partial charge in [0, 0.05) is 19.6 Å². The molecule has 0 saturated carbocycles. The second kappa shape index (κ2) is 11.1. The summed E-state index contributed by atoms with van der Waals surface area (Å²) >= 11 is 1.64. The first-order chi connectivity index (χ1) is 12.0. The quantitative estimate of drug-likeness (QED) is 0.669. The Balaban J connectivity index is 0.00000338. The normalized spacial score (nSPS) is 16.5. The molecule has 1 aliphatic heterocycles. The van der Waals surface area contributed by atoms with Crippen LogP contribution in [-0.2, 0) is 21.4 Å². The fourth-order valence-electron chi connectivity index (χ4n) is 2.84. The van der Waals surface area contributed by atoms with Crippen molar-refractivity contribution in [3.05, 3.63) is 29.8 Å². The van der Waals surface area contributed by atoms with E-state index in [4.69, 9.17) is 5.73 Å². The highest BCUT2D eigenvalue weighted by atomic mass is 35.5. The van der Waals surface area contributed by atoms with Crippen molar-refractivity contribution in [1.82, 2.24) is 9.62 Å². The molecule has 9 heteroatoms. The van der Waals surface area contributed by atoms with E-state index in [2.05, 4.69) is 5.32 Å². The van der Waals surface area contributed by atoms with Crippen molar-refractivity contribution < 1.29 is 13.2 Å². The van der Waals surface area contributed by atoms with Gasteiger partial charge < -0.3 is 11.1 Å². The minimum Gasteiger partial charge on any atom is -0.351 e. The summed E-state index contributed by atoms with van der Waals surface area (Å²) in [6.07, 6.45) is 5.41. The third-order valence-electron chi connectivity index (χ3n) is 4.33. The summed E-state index contributed by atoms with van der Waals surface area (Å²) in [5.41, 5.74) is 6.45. The van der Waals surface area contributed by atoms with Gasteiger partial charge in [0.1, 0.15) is 0 Å². The molecule has 1 fully saturated rings. The lowest BCUT2D eigenvalue weighted by atomic mass is 10.2. The zero-order valence-corrected chi connectivity index (χ0v) is 17.5. The number of benzene rings is 1. The number of nitrogens with one attached hydrogen (secondary N) is 1. The number of piperidine rings is 1. The Labute approximate surface area is 166 Å². The van der Waals surface area contributed by atoms with Gasteiger partial charge in [-0.05, 0) is 42.9 Å². The molecule has 0 radical (unpaired) electrons. The van der Waals surface area contributed by atoms with Crippen LogP contribution in [0, 0.1) is 0 Å². The van der Waals surface area contributed by atoms with Crippen molar-refractivity contribution in [2.24, 2.45) is 5.73 Å². The van der Waals surface area contributed by atoms with E-state index >= 15 is 0 Å². The van der Waals surface area contributed by atoms with E-state index in [1.165, 1.54) is 0 Å². The molecule has 3 N–H and O–H groups in total. The van der Waals surface area contributed by atoms with Crippen LogP contribution in [0.3, 0.4) is 0 Å². The number of nitrogens with zero attached hydrogens (tertiary/aromatic N) is 1. The van der Waals surface area contributed by atoms with Crippen LogP contribution in [0.1, 0.15) is 31.2 Å². The number of carbonyl (C=O) groups is 1. The monoisotopic (exact) mass is 421 g/mol. The van der Waals surface area contributed by atoms with Gasteiger partial charge in [0.05, 0.1) is 10.9 Å². The minimum absolute atomic E-state index is 0. The van der Waals surface area contributed by atoms with E-state index in [0.717, 1.165) is 25.0 Å². The molecule has 1 heterocycles. The standard InChI is InChI=1S/C17H27N3O3S2.ClH/c1-24-12-9-15(18)17(21)19-13-14-7-3-4-8-16(14)25(22,23)20-10-5-2-6-11-20;/h3-4,7-8,15H,2,5-6,9-13,18H2,1H3,(H,19,21);1H/t15-;/m0./s1. The van der Waals surface area contributed by atoms with Crippen molar-refractivity contribution in [2.45, 2.75) is 43.2 Å². The van der Waals surface area contributed by atoms with Crippen LogP contribution in [0.5, 0.6) is 0 Å². The van der Waals surface area contributed by atoms with Crippen LogP contribution in [0.2, 0.25) is 0 Å². The topological polar surface area (TPSA) is 92.5 Å². The van der Waals surface area contributed by atoms with Crippen LogP contribution in [0.25, 0.3) is 0 Å². The molecule has 2 rings (SSSR count). The molecule has 26 heavy (non-hydrogen) atoms. The molecule has 0 aromatic heterocycles. The molecular formula is C17H28ClN3O3S2. The van der Waals surface area contributed by atoms with Crippen molar-refractivity contribution in [1.29, 1.82) is 0 Å². The number of halogens is 1. The second-order valence-electron chi connectivity index (χ2n) is 6.18. The summed E-state index contributed by atoms with van der Waals surface area (Å²) in [7, 11) is -3.53. The third kappa shape index (κ3) is 6.13. The number of hydrogen-bond donors (Lipinski definition) is 2. The molecule has 1 aromatic rings. The molecule has 1 amide bonds. The zero-order chi connectivity index (χ0) is 18.3. The summed E-state index contributed by atoms with van der Waals surface area (Å²) in [6, 6.07) is 6.28. The van der Waals surface area contributed by atoms with Crippen LogP contribution in [0.15, 0.2) is 29.2 Å². The Hall–Kier alpha value is -0.800. The summed E-state index contributed by atoms with van der Waals surface area (Å²) < 4.78 is 27.4. The third-order valence-corrected chi connectivity index (χ3v) is 6.97. The minimum atomic E-state index is -3.53. The maximum absolute atomic E-state index is 12.9. The van der Waals surface area contributed by atoms with E-state index in [0.29, 0.717) is 25.1 Å². The summed E-state index contributed by atoms with van der Waals surface area (Å²) in [4.78, 5) is 12.4. The zero-order valence-electron chi connectivity index (χ0n) is 15.0. The number of thioether (sulfide) groups is 1. The van der Waals surface area contributed by atoms with Crippen LogP contribution < -0.4 is 11.1 Å². The average molecular weight is 422 g/mol. The highest BCUT2D eigenvalue weighted by molar-refractivity contribution is 7.98. The summed E-state index contributed by atoms with van der Waals surface area (Å²) in [5, 5.41) is 2.77. The first kappa shape index (κ1) is 23.2. The lowest BCUT2D eigenvalue weighted by Gasteiger charge is -2.27. The first-order valence-electron chi connectivity index (χ1n) is 8.57. The second-order valence-corrected chi connectivity index (χ2v) is 9.07. The lowest BCUT2D eigenvalue weighted by Crippen LogP contribution is -2.41. The Morgan fingerprint density at radius 2 is 1.92 bits per heavy atom. The largest absolute Gasteiger partial charge is 0.351 e. The van der Waals surface area contributed by atoms with Crippen molar-refractivity contribution in [2.75, 3.05) is 25.1 Å². The van der Waals surface area contributed by atoms with Gasteiger partial charge in [-0.2, -0.15) is 16.1 Å². The van der Waals surface area contributed by atoms with Gasteiger partial charge in [0.15, 0.2) is 0 Å². The summed E-state index contributed by atoms with van der Waals surface area (Å²) in [6.45, 7) is 1.28. The van der Waals surface area contributed by atoms with Gasteiger partial charge in [-0.15, -0.1) is 12.4 Å². The van der Waals surface area contributed by atoms with Gasteiger partial charge in [-0.1, -0.05) is 24.6 Å². The first-order valence-corrected chi connectivity index (χ1v) is 11.4. The smallest absolute Gasteiger partial charge is 0.243 e. The van der Waals surface area contributed by atoms with E-state index in [9.17, 15) is 13.2 Å². The number of nitrogens with two attached hydrogens (primary N) is 1. The van der Waals surface area contributed by atoms with Gasteiger partial charge in [0.25, 0.3) is 0 Å². The highest BCUT2D eigenvalue weighted by Gasteiger charge is 2.28.